The summed E-state index contributed by atoms with van der Waals surface area (Å²) in [6.45, 7) is 7.69. The van der Waals surface area contributed by atoms with Crippen LogP contribution >= 0.6 is 11.3 Å². The maximum Gasteiger partial charge on any atom is 0.194 e. The Hall–Kier alpha value is -2.21. The van der Waals surface area contributed by atoms with E-state index < -0.39 is 0 Å². The van der Waals surface area contributed by atoms with Gasteiger partial charge in [-0.25, -0.2) is 4.99 Å². The van der Waals surface area contributed by atoms with Crippen LogP contribution in [-0.2, 0) is 6.54 Å². The highest BCUT2D eigenvalue weighted by atomic mass is 32.1. The zero-order valence-electron chi connectivity index (χ0n) is 14.9. The Bertz CT molecular complexity index is 678. The molecule has 0 aliphatic carbocycles. The average Bonchev–Trinajstić information content (AvgIpc) is 3.20. The first-order valence-electron chi connectivity index (χ1n) is 8.75. The number of guanidine groups is 1. The van der Waals surface area contributed by atoms with Crippen molar-refractivity contribution in [1.29, 1.82) is 0 Å². The number of methoxy groups -OCH3 is 1. The smallest absolute Gasteiger partial charge is 0.194 e. The number of nitrogens with one attached hydrogen (secondary N) is 1. The average molecular weight is 359 g/mol. The van der Waals surface area contributed by atoms with E-state index in [4.69, 9.17) is 9.73 Å². The van der Waals surface area contributed by atoms with Gasteiger partial charge in [0.05, 0.1) is 18.7 Å². The zero-order chi connectivity index (χ0) is 17.5. The third kappa shape index (κ3) is 4.66. The summed E-state index contributed by atoms with van der Waals surface area (Å²) in [5.41, 5.74) is 1.16. The first-order chi connectivity index (χ1) is 12.3. The predicted molar refractivity (Wildman–Crippen MR) is 106 cm³/mol. The van der Waals surface area contributed by atoms with Crippen molar-refractivity contribution in [2.24, 2.45) is 4.99 Å². The van der Waals surface area contributed by atoms with E-state index in [-0.39, 0.29) is 0 Å². The van der Waals surface area contributed by atoms with Crippen LogP contribution in [0.3, 0.4) is 0 Å². The SMILES string of the molecule is CCNC(=NCc1cccc(OC)c1)N1CCN(c2cccs2)CC1. The molecule has 0 bridgehead atoms. The fourth-order valence-electron chi connectivity index (χ4n) is 2.95. The predicted octanol–water partition coefficient (Wildman–Crippen LogP) is 3.04. The summed E-state index contributed by atoms with van der Waals surface area (Å²) < 4.78 is 5.29. The molecule has 5 nitrogen and oxygen atoms in total. The third-order valence-electron chi connectivity index (χ3n) is 4.28. The number of nitrogens with zero attached hydrogens (tertiary/aromatic N) is 3. The lowest BCUT2D eigenvalue weighted by atomic mass is 10.2. The van der Waals surface area contributed by atoms with Gasteiger partial charge in [0, 0.05) is 32.7 Å². The van der Waals surface area contributed by atoms with Gasteiger partial charge in [-0.1, -0.05) is 12.1 Å². The molecular formula is C19H26N4OS. The van der Waals surface area contributed by atoms with Crippen molar-refractivity contribution in [1.82, 2.24) is 10.2 Å². The molecule has 134 valence electrons. The van der Waals surface area contributed by atoms with Gasteiger partial charge in [0.2, 0.25) is 0 Å². The number of piperazine rings is 1. The molecule has 0 atom stereocenters. The van der Waals surface area contributed by atoms with Crippen LogP contribution in [0.5, 0.6) is 5.75 Å². The fourth-order valence-corrected chi connectivity index (χ4v) is 3.74. The Labute approximate surface area is 153 Å². The molecule has 6 heteroatoms. The second-order valence-corrected chi connectivity index (χ2v) is 6.87. The Morgan fingerprint density at radius 3 is 2.72 bits per heavy atom. The molecule has 2 aromatic rings. The van der Waals surface area contributed by atoms with Gasteiger partial charge in [0.15, 0.2) is 5.96 Å². The molecule has 3 rings (SSSR count). The lowest BCUT2D eigenvalue weighted by molar-refractivity contribution is 0.373. The molecule has 0 unspecified atom stereocenters. The number of hydrogen-bond acceptors (Lipinski definition) is 4. The molecule has 0 saturated carbocycles. The van der Waals surface area contributed by atoms with E-state index in [1.807, 2.05) is 29.5 Å². The van der Waals surface area contributed by atoms with Crippen molar-refractivity contribution in [3.05, 3.63) is 47.3 Å². The summed E-state index contributed by atoms with van der Waals surface area (Å²) in [5, 5.41) is 6.93. The van der Waals surface area contributed by atoms with E-state index in [2.05, 4.69) is 45.6 Å². The molecule has 1 aliphatic heterocycles. The largest absolute Gasteiger partial charge is 0.497 e. The van der Waals surface area contributed by atoms with Gasteiger partial charge in [0.1, 0.15) is 5.75 Å². The molecule has 1 aliphatic rings. The van der Waals surface area contributed by atoms with E-state index in [1.165, 1.54) is 5.00 Å². The molecule has 1 aromatic carbocycles. The van der Waals surface area contributed by atoms with E-state index in [1.54, 1.807) is 7.11 Å². The van der Waals surface area contributed by atoms with E-state index >= 15 is 0 Å². The molecular weight excluding hydrogens is 332 g/mol. The van der Waals surface area contributed by atoms with Crippen LogP contribution in [0.4, 0.5) is 5.00 Å². The number of rotatable bonds is 5. The second-order valence-electron chi connectivity index (χ2n) is 5.95. The van der Waals surface area contributed by atoms with Crippen molar-refractivity contribution in [3.8, 4) is 5.75 Å². The maximum absolute atomic E-state index is 5.29. The van der Waals surface area contributed by atoms with Crippen molar-refractivity contribution in [2.75, 3.05) is 44.7 Å². The zero-order valence-corrected chi connectivity index (χ0v) is 15.8. The minimum Gasteiger partial charge on any atom is -0.497 e. The summed E-state index contributed by atoms with van der Waals surface area (Å²) >= 11 is 1.81. The molecule has 0 radical (unpaired) electrons. The van der Waals surface area contributed by atoms with Crippen molar-refractivity contribution in [2.45, 2.75) is 13.5 Å². The van der Waals surface area contributed by atoms with E-state index in [0.717, 1.165) is 50.0 Å². The van der Waals surface area contributed by atoms with Crippen LogP contribution in [0.2, 0.25) is 0 Å². The van der Waals surface area contributed by atoms with Crippen LogP contribution < -0.4 is 15.0 Å². The van der Waals surface area contributed by atoms with Crippen molar-refractivity contribution in [3.63, 3.8) is 0 Å². The van der Waals surface area contributed by atoms with Crippen LogP contribution in [-0.4, -0.2) is 50.7 Å². The third-order valence-corrected chi connectivity index (χ3v) is 5.21. The van der Waals surface area contributed by atoms with Gasteiger partial charge in [0.25, 0.3) is 0 Å². The first kappa shape index (κ1) is 17.6. The molecule has 2 heterocycles. The highest BCUT2D eigenvalue weighted by molar-refractivity contribution is 7.14. The Kier molecular flexibility index (Phi) is 6.17. The van der Waals surface area contributed by atoms with Gasteiger partial charge >= 0.3 is 0 Å². The van der Waals surface area contributed by atoms with Crippen LogP contribution in [0.25, 0.3) is 0 Å². The Morgan fingerprint density at radius 2 is 2.04 bits per heavy atom. The van der Waals surface area contributed by atoms with E-state index in [9.17, 15) is 0 Å². The number of hydrogen-bond donors (Lipinski definition) is 1. The molecule has 0 amide bonds. The highest BCUT2D eigenvalue weighted by Gasteiger charge is 2.20. The number of aliphatic imine (C=N–C) groups is 1. The minimum atomic E-state index is 0.657. The summed E-state index contributed by atoms with van der Waals surface area (Å²) in [6.07, 6.45) is 0. The van der Waals surface area contributed by atoms with Gasteiger partial charge in [-0.05, 0) is 42.1 Å². The Balaban J connectivity index is 1.62. The molecule has 0 spiro atoms. The number of anilines is 1. The van der Waals surface area contributed by atoms with Crippen molar-refractivity contribution < 1.29 is 4.74 Å². The monoisotopic (exact) mass is 358 g/mol. The summed E-state index contributed by atoms with van der Waals surface area (Å²) in [4.78, 5) is 9.64. The molecule has 1 N–H and O–H groups in total. The summed E-state index contributed by atoms with van der Waals surface area (Å²) in [6, 6.07) is 12.4. The summed E-state index contributed by atoms with van der Waals surface area (Å²) in [5.74, 6) is 1.87. The first-order valence-corrected chi connectivity index (χ1v) is 9.62. The standard InChI is InChI=1S/C19H26N4OS/c1-3-20-19(21-15-16-6-4-7-17(14-16)24-2)23-11-9-22(10-12-23)18-8-5-13-25-18/h4-8,13-14H,3,9-12,15H2,1-2H3,(H,20,21). The lowest BCUT2D eigenvalue weighted by Gasteiger charge is -2.37. The minimum absolute atomic E-state index is 0.657. The summed E-state index contributed by atoms with van der Waals surface area (Å²) in [7, 11) is 1.69. The van der Waals surface area contributed by atoms with Gasteiger partial charge in [-0.3, -0.25) is 0 Å². The van der Waals surface area contributed by atoms with Crippen LogP contribution in [0.1, 0.15) is 12.5 Å². The van der Waals surface area contributed by atoms with Gasteiger partial charge in [-0.15, -0.1) is 11.3 Å². The highest BCUT2D eigenvalue weighted by Crippen LogP contribution is 2.22. The molecule has 1 saturated heterocycles. The fraction of sp³-hybridized carbons (Fsp3) is 0.421. The molecule has 25 heavy (non-hydrogen) atoms. The lowest BCUT2D eigenvalue weighted by Crippen LogP contribution is -2.52. The van der Waals surface area contributed by atoms with Crippen LogP contribution in [0.15, 0.2) is 46.8 Å². The quantitative estimate of drug-likeness (QED) is 0.659. The number of benzene rings is 1. The second kappa shape index (κ2) is 8.76. The van der Waals surface area contributed by atoms with Crippen molar-refractivity contribution >= 4 is 22.3 Å². The maximum atomic E-state index is 5.29. The molecule has 1 aromatic heterocycles. The topological polar surface area (TPSA) is 40.1 Å². The molecule has 1 fully saturated rings. The van der Waals surface area contributed by atoms with Gasteiger partial charge < -0.3 is 19.9 Å². The number of ether oxygens (including phenoxy) is 1. The number of thiophene rings is 1. The van der Waals surface area contributed by atoms with Crippen LogP contribution in [0, 0.1) is 0 Å². The normalized spacial score (nSPS) is 15.4. The van der Waals surface area contributed by atoms with Gasteiger partial charge in [-0.2, -0.15) is 0 Å². The van der Waals surface area contributed by atoms with E-state index in [0.29, 0.717) is 6.54 Å². The Morgan fingerprint density at radius 1 is 1.20 bits per heavy atom.